The molecule has 0 heterocycles. The standard InChI is InChI=1S/C38H70BrOP/c1-5-9-13-17-18-19-20-21-22-24-30-35(29-23-14-10-6-2)38(33-27-15-11-7-3,34-28-16-12-8-4)41(39)37-32-26-25-31-36(37)40/h25-26,31-32,35,40H,5-24,27-30,33-34H2,1-4H3. The van der Waals surface area contributed by atoms with Crippen molar-refractivity contribution >= 4 is 27.4 Å². The van der Waals surface area contributed by atoms with Crippen molar-refractivity contribution in [1.29, 1.82) is 0 Å². The van der Waals surface area contributed by atoms with Crippen molar-refractivity contribution in [3.8, 4) is 5.75 Å². The number of hydrogen-bond donors (Lipinski definition) is 1. The molecule has 41 heavy (non-hydrogen) atoms. The molecule has 0 spiro atoms. The monoisotopic (exact) mass is 652 g/mol. The molecule has 0 saturated carbocycles. The van der Waals surface area contributed by atoms with Crippen molar-refractivity contribution in [1.82, 2.24) is 0 Å². The van der Waals surface area contributed by atoms with Gasteiger partial charge in [0.15, 0.2) is 0 Å². The van der Waals surface area contributed by atoms with E-state index in [2.05, 4.69) is 55.3 Å². The van der Waals surface area contributed by atoms with Crippen LogP contribution in [0.2, 0.25) is 0 Å². The predicted octanol–water partition coefficient (Wildman–Crippen LogP) is 14.4. The van der Waals surface area contributed by atoms with Crippen LogP contribution in [0.1, 0.15) is 195 Å². The molecule has 0 saturated heterocycles. The summed E-state index contributed by atoms with van der Waals surface area (Å²) in [5.74, 6) is 1.26. The fourth-order valence-electron chi connectivity index (χ4n) is 6.85. The number of rotatable bonds is 29. The molecule has 1 aromatic carbocycles. The highest BCUT2D eigenvalue weighted by Gasteiger charge is 2.44. The van der Waals surface area contributed by atoms with E-state index in [-0.39, 0.29) is 5.16 Å². The van der Waals surface area contributed by atoms with Gasteiger partial charge in [0.2, 0.25) is 0 Å². The van der Waals surface area contributed by atoms with Crippen molar-refractivity contribution in [2.75, 3.05) is 0 Å². The van der Waals surface area contributed by atoms with Crippen molar-refractivity contribution < 1.29 is 5.11 Å². The van der Waals surface area contributed by atoms with Crippen LogP contribution in [0.15, 0.2) is 24.3 Å². The first-order valence-electron chi connectivity index (χ1n) is 18.3. The van der Waals surface area contributed by atoms with Crippen LogP contribution in [-0.2, 0) is 0 Å². The van der Waals surface area contributed by atoms with Gasteiger partial charge in [-0.05, 0) is 43.7 Å². The van der Waals surface area contributed by atoms with Gasteiger partial charge in [-0.15, -0.1) is 0 Å². The summed E-state index contributed by atoms with van der Waals surface area (Å²) in [7, 11) is 0. The largest absolute Gasteiger partial charge is 0.507 e. The minimum atomic E-state index is -0.625. The Kier molecular flexibility index (Phi) is 25.0. The highest BCUT2D eigenvalue weighted by molar-refractivity contribution is 9.40. The summed E-state index contributed by atoms with van der Waals surface area (Å²) in [6.07, 6.45) is 35.6. The van der Waals surface area contributed by atoms with Gasteiger partial charge in [0.25, 0.3) is 0 Å². The molecule has 0 amide bonds. The highest BCUT2D eigenvalue weighted by Crippen LogP contribution is 2.65. The number of hydrogen-bond acceptors (Lipinski definition) is 1. The molecule has 1 nitrogen and oxygen atoms in total. The summed E-state index contributed by atoms with van der Waals surface area (Å²) < 4.78 is 0. The Hall–Kier alpha value is -0.0700. The first-order valence-corrected chi connectivity index (χ1v) is 21.7. The van der Waals surface area contributed by atoms with Gasteiger partial charge >= 0.3 is 0 Å². The van der Waals surface area contributed by atoms with E-state index in [1.165, 1.54) is 172 Å². The topological polar surface area (TPSA) is 20.2 Å². The fraction of sp³-hybridized carbons (Fsp3) is 0.842. The Balaban J connectivity index is 3.11. The molecule has 1 rings (SSSR count). The number of unbranched alkanes of at least 4 members (excludes halogenated alkanes) is 18. The van der Waals surface area contributed by atoms with E-state index < -0.39 is 6.62 Å². The van der Waals surface area contributed by atoms with Crippen LogP contribution in [0, 0.1) is 5.92 Å². The van der Waals surface area contributed by atoms with E-state index in [1.54, 1.807) is 0 Å². The van der Waals surface area contributed by atoms with E-state index in [4.69, 9.17) is 0 Å². The number of phenols is 1. The Labute approximate surface area is 267 Å². The van der Waals surface area contributed by atoms with E-state index in [1.807, 2.05) is 12.1 Å². The summed E-state index contributed by atoms with van der Waals surface area (Å²) in [6.45, 7) is 8.69. The van der Waals surface area contributed by atoms with Crippen LogP contribution in [-0.4, -0.2) is 10.3 Å². The number of halogens is 1. The lowest BCUT2D eigenvalue weighted by Crippen LogP contribution is -2.38. The molecule has 0 radical (unpaired) electrons. The van der Waals surface area contributed by atoms with Crippen molar-refractivity contribution in [2.45, 2.75) is 200 Å². The average molecular weight is 654 g/mol. The van der Waals surface area contributed by atoms with Crippen LogP contribution in [0.4, 0.5) is 0 Å². The number of para-hydroxylation sites is 1. The second-order valence-corrected chi connectivity index (χ2v) is 17.1. The average Bonchev–Trinajstić information content (AvgIpc) is 2.98. The lowest BCUT2D eigenvalue weighted by atomic mass is 9.77. The molecule has 1 aromatic rings. The maximum Gasteiger partial charge on any atom is 0.124 e. The second kappa shape index (κ2) is 26.3. The minimum absolute atomic E-state index is 0.279. The van der Waals surface area contributed by atoms with Gasteiger partial charge in [0.1, 0.15) is 5.75 Å². The van der Waals surface area contributed by atoms with Gasteiger partial charge in [-0.1, -0.05) is 197 Å². The Morgan fingerprint density at radius 1 is 0.561 bits per heavy atom. The highest BCUT2D eigenvalue weighted by atomic mass is 79.9. The van der Waals surface area contributed by atoms with E-state index in [0.29, 0.717) is 5.75 Å². The first kappa shape index (κ1) is 39.0. The van der Waals surface area contributed by atoms with Gasteiger partial charge in [-0.2, -0.15) is 0 Å². The molecule has 1 N–H and O–H groups in total. The van der Waals surface area contributed by atoms with E-state index in [0.717, 1.165) is 5.92 Å². The SMILES string of the molecule is CCCCCCCCCCCCC(CCCCCC)C(CCCCCC)(CCCCCC)P(Br)c1ccccc1O. The molecule has 2 atom stereocenters. The van der Waals surface area contributed by atoms with Gasteiger partial charge in [0.05, 0.1) is 0 Å². The van der Waals surface area contributed by atoms with Gasteiger partial charge in [-0.25, -0.2) is 0 Å². The van der Waals surface area contributed by atoms with Gasteiger partial charge < -0.3 is 5.11 Å². The van der Waals surface area contributed by atoms with E-state index in [9.17, 15) is 5.11 Å². The van der Waals surface area contributed by atoms with Crippen LogP contribution >= 0.6 is 22.1 Å². The molecule has 0 aliphatic carbocycles. The van der Waals surface area contributed by atoms with Crippen molar-refractivity contribution in [3.05, 3.63) is 24.3 Å². The van der Waals surface area contributed by atoms with Crippen LogP contribution in [0.25, 0.3) is 0 Å². The van der Waals surface area contributed by atoms with Crippen LogP contribution in [0.3, 0.4) is 0 Å². The third-order valence-electron chi connectivity index (χ3n) is 9.48. The first-order chi connectivity index (χ1) is 20.1. The quantitative estimate of drug-likeness (QED) is 0.0674. The smallest absolute Gasteiger partial charge is 0.124 e. The minimum Gasteiger partial charge on any atom is -0.507 e. The Morgan fingerprint density at radius 3 is 1.37 bits per heavy atom. The molecule has 0 bridgehead atoms. The third-order valence-corrected chi connectivity index (χ3v) is 15.1. The number of benzene rings is 1. The zero-order valence-electron chi connectivity index (χ0n) is 28.0. The summed E-state index contributed by atoms with van der Waals surface area (Å²) in [5.41, 5.74) is 0. The molecule has 3 heteroatoms. The molecule has 0 aliphatic rings. The van der Waals surface area contributed by atoms with Gasteiger partial charge in [-0.3, -0.25) is 0 Å². The predicted molar refractivity (Wildman–Crippen MR) is 193 cm³/mol. The zero-order valence-corrected chi connectivity index (χ0v) is 30.5. The third kappa shape index (κ3) is 16.5. The fourth-order valence-corrected chi connectivity index (χ4v) is 11.9. The number of aromatic hydroxyl groups is 1. The van der Waals surface area contributed by atoms with Crippen LogP contribution in [0.5, 0.6) is 5.75 Å². The van der Waals surface area contributed by atoms with Crippen molar-refractivity contribution in [2.24, 2.45) is 5.92 Å². The van der Waals surface area contributed by atoms with Gasteiger partial charge in [0, 0.05) is 17.1 Å². The molecule has 0 fully saturated rings. The maximum atomic E-state index is 11.0. The molecule has 240 valence electrons. The lowest BCUT2D eigenvalue weighted by Gasteiger charge is -2.46. The normalized spacial score (nSPS) is 13.5. The summed E-state index contributed by atoms with van der Waals surface area (Å²) in [4.78, 5) is 0. The molecular weight excluding hydrogens is 583 g/mol. The van der Waals surface area contributed by atoms with Crippen molar-refractivity contribution in [3.63, 3.8) is 0 Å². The molecule has 0 aliphatic heterocycles. The maximum absolute atomic E-state index is 11.0. The van der Waals surface area contributed by atoms with E-state index >= 15 is 0 Å². The summed E-state index contributed by atoms with van der Waals surface area (Å²) in [5, 5.41) is 12.5. The number of phenolic OH excluding ortho intramolecular Hbond substituents is 1. The molecule has 2 unspecified atom stereocenters. The summed E-state index contributed by atoms with van der Waals surface area (Å²) in [6, 6.07) is 8.27. The molecule has 0 aromatic heterocycles. The Morgan fingerprint density at radius 2 is 0.927 bits per heavy atom. The second-order valence-electron chi connectivity index (χ2n) is 13.0. The summed E-state index contributed by atoms with van der Waals surface area (Å²) >= 11 is 4.40. The Bertz CT molecular complexity index is 695. The van der Waals surface area contributed by atoms with Crippen LogP contribution < -0.4 is 5.30 Å². The zero-order chi connectivity index (χ0) is 30.0. The lowest BCUT2D eigenvalue weighted by molar-refractivity contribution is 0.267. The molecular formula is C38H70BrOP.